The van der Waals surface area contributed by atoms with Gasteiger partial charge in [0.15, 0.2) is 0 Å². The molecule has 1 fully saturated rings. The molecule has 0 aliphatic carbocycles. The summed E-state index contributed by atoms with van der Waals surface area (Å²) in [6, 6.07) is 20.2. The zero-order valence-electron chi connectivity index (χ0n) is 24.3. The van der Waals surface area contributed by atoms with Crippen LogP contribution in [0.3, 0.4) is 0 Å². The fourth-order valence-corrected chi connectivity index (χ4v) is 5.42. The fraction of sp³-hybridized carbons (Fsp3) is 0.455. The van der Waals surface area contributed by atoms with Gasteiger partial charge in [0.1, 0.15) is 11.6 Å². The van der Waals surface area contributed by atoms with Gasteiger partial charge in [-0.1, -0.05) is 53.7 Å². The van der Waals surface area contributed by atoms with Crippen LogP contribution in [-0.2, 0) is 10.8 Å². The van der Waals surface area contributed by atoms with Crippen molar-refractivity contribution in [2.45, 2.75) is 58.4 Å². The molecule has 5 heteroatoms. The molecule has 1 aliphatic heterocycles. The maximum atomic E-state index is 13.5. The summed E-state index contributed by atoms with van der Waals surface area (Å²) in [6.45, 7) is 16.5. The Kier molecular flexibility index (Phi) is 7.81. The van der Waals surface area contributed by atoms with Crippen LogP contribution in [0.1, 0.15) is 69.8 Å². The third-order valence-electron chi connectivity index (χ3n) is 7.66. The number of hydrogen-bond acceptors (Lipinski definition) is 4. The Morgan fingerprint density at radius 1 is 0.737 bits per heavy atom. The minimum Gasteiger partial charge on any atom is -0.507 e. The van der Waals surface area contributed by atoms with E-state index in [0.717, 1.165) is 43.0 Å². The van der Waals surface area contributed by atoms with Gasteiger partial charge in [-0.05, 0) is 81.6 Å². The van der Waals surface area contributed by atoms with E-state index in [1.165, 1.54) is 28.9 Å². The number of rotatable bonds is 5. The fourth-order valence-electron chi connectivity index (χ4n) is 5.42. The Morgan fingerprint density at radius 2 is 1.24 bits per heavy atom. The number of aromatic hydroxyl groups is 1. The Labute approximate surface area is 228 Å². The Balaban J connectivity index is 1.77. The maximum Gasteiger partial charge on any atom is 0.123 e. The van der Waals surface area contributed by atoms with E-state index in [0.29, 0.717) is 5.75 Å². The zero-order valence-corrected chi connectivity index (χ0v) is 24.3. The summed E-state index contributed by atoms with van der Waals surface area (Å²) in [7, 11) is 4.12. The number of phenols is 1. The number of benzene rings is 3. The van der Waals surface area contributed by atoms with Crippen molar-refractivity contribution < 1.29 is 9.50 Å². The predicted molar refractivity (Wildman–Crippen MR) is 158 cm³/mol. The van der Waals surface area contributed by atoms with E-state index in [2.05, 4.69) is 107 Å². The number of halogens is 1. The smallest absolute Gasteiger partial charge is 0.123 e. The molecular formula is C33H44FN3O. The SMILES string of the molecule is CN(C)c1ccc([C@H](c2cc(C(C)(C)C)c(O)c(C(C)(C)C)c2)N2CCN(c3ccc(F)cc3)CC2)cc1. The van der Waals surface area contributed by atoms with Crippen LogP contribution in [0.25, 0.3) is 0 Å². The van der Waals surface area contributed by atoms with Gasteiger partial charge in [-0.3, -0.25) is 4.90 Å². The van der Waals surface area contributed by atoms with Gasteiger partial charge in [0.2, 0.25) is 0 Å². The normalized spacial score (nSPS) is 16.0. The minimum atomic E-state index is -0.203. The second-order valence-electron chi connectivity index (χ2n) is 12.9. The van der Waals surface area contributed by atoms with Crippen molar-refractivity contribution in [3.63, 3.8) is 0 Å². The van der Waals surface area contributed by atoms with Gasteiger partial charge in [-0.2, -0.15) is 0 Å². The molecule has 1 atom stereocenters. The number of anilines is 2. The second-order valence-corrected chi connectivity index (χ2v) is 12.9. The molecule has 1 saturated heterocycles. The molecule has 3 aromatic carbocycles. The molecule has 0 amide bonds. The van der Waals surface area contributed by atoms with Gasteiger partial charge < -0.3 is 14.9 Å². The van der Waals surface area contributed by atoms with E-state index in [-0.39, 0.29) is 22.7 Å². The lowest BCUT2D eigenvalue weighted by Crippen LogP contribution is -2.48. The molecule has 0 spiro atoms. The van der Waals surface area contributed by atoms with E-state index in [1.807, 2.05) is 12.1 Å². The Hall–Kier alpha value is -3.05. The quantitative estimate of drug-likeness (QED) is 0.391. The molecule has 4 nitrogen and oxygen atoms in total. The first-order valence-corrected chi connectivity index (χ1v) is 13.7. The molecule has 4 rings (SSSR count). The van der Waals surface area contributed by atoms with Crippen LogP contribution in [0.15, 0.2) is 60.7 Å². The molecule has 0 unspecified atom stereocenters. The van der Waals surface area contributed by atoms with Crippen molar-refractivity contribution in [3.05, 3.63) is 88.7 Å². The van der Waals surface area contributed by atoms with Gasteiger partial charge >= 0.3 is 0 Å². The summed E-state index contributed by atoms with van der Waals surface area (Å²) in [5.41, 5.74) is 6.28. The highest BCUT2D eigenvalue weighted by atomic mass is 19.1. The highest BCUT2D eigenvalue weighted by Gasteiger charge is 2.32. The van der Waals surface area contributed by atoms with Crippen LogP contribution < -0.4 is 9.80 Å². The summed E-state index contributed by atoms with van der Waals surface area (Å²) in [4.78, 5) is 7.01. The largest absolute Gasteiger partial charge is 0.507 e. The molecule has 0 radical (unpaired) electrons. The van der Waals surface area contributed by atoms with E-state index in [4.69, 9.17) is 0 Å². The highest BCUT2D eigenvalue weighted by molar-refractivity contribution is 5.54. The first kappa shape index (κ1) is 28.0. The maximum absolute atomic E-state index is 13.5. The Bertz CT molecular complexity index is 1190. The highest BCUT2D eigenvalue weighted by Crippen LogP contribution is 2.43. The summed E-state index contributed by atoms with van der Waals surface area (Å²) < 4.78 is 13.5. The van der Waals surface area contributed by atoms with Gasteiger partial charge in [-0.25, -0.2) is 4.39 Å². The van der Waals surface area contributed by atoms with E-state index in [9.17, 15) is 9.50 Å². The molecule has 0 bridgehead atoms. The molecule has 1 heterocycles. The number of piperazine rings is 1. The van der Waals surface area contributed by atoms with Crippen molar-refractivity contribution in [3.8, 4) is 5.75 Å². The molecule has 204 valence electrons. The van der Waals surface area contributed by atoms with Gasteiger partial charge in [0.25, 0.3) is 0 Å². The topological polar surface area (TPSA) is 30.0 Å². The predicted octanol–water partition coefficient (Wildman–Crippen LogP) is 7.10. The lowest BCUT2D eigenvalue weighted by atomic mass is 9.77. The lowest BCUT2D eigenvalue weighted by molar-refractivity contribution is 0.212. The summed E-state index contributed by atoms with van der Waals surface area (Å²) in [5.74, 6) is 0.210. The third-order valence-corrected chi connectivity index (χ3v) is 7.66. The van der Waals surface area contributed by atoms with Crippen LogP contribution in [0.5, 0.6) is 5.75 Å². The van der Waals surface area contributed by atoms with E-state index < -0.39 is 0 Å². The number of nitrogens with zero attached hydrogens (tertiary/aromatic N) is 3. The van der Waals surface area contributed by atoms with Gasteiger partial charge in [0, 0.05) is 51.6 Å². The van der Waals surface area contributed by atoms with Crippen LogP contribution in [0.2, 0.25) is 0 Å². The van der Waals surface area contributed by atoms with Crippen LogP contribution in [0, 0.1) is 5.82 Å². The van der Waals surface area contributed by atoms with Crippen molar-refractivity contribution in [1.82, 2.24) is 4.90 Å². The summed E-state index contributed by atoms with van der Waals surface area (Å²) in [6.07, 6.45) is 0. The van der Waals surface area contributed by atoms with Crippen molar-refractivity contribution >= 4 is 11.4 Å². The molecule has 38 heavy (non-hydrogen) atoms. The average molecular weight is 518 g/mol. The molecule has 0 saturated carbocycles. The zero-order chi connectivity index (χ0) is 27.8. The summed E-state index contributed by atoms with van der Waals surface area (Å²) in [5, 5.41) is 11.4. The molecule has 0 aromatic heterocycles. The Morgan fingerprint density at radius 3 is 1.68 bits per heavy atom. The average Bonchev–Trinajstić information content (AvgIpc) is 2.85. The van der Waals surface area contributed by atoms with Gasteiger partial charge in [-0.15, -0.1) is 0 Å². The number of hydrogen-bond donors (Lipinski definition) is 1. The molecular weight excluding hydrogens is 473 g/mol. The minimum absolute atomic E-state index is 0.0596. The number of phenolic OH excluding ortho intramolecular Hbond substituents is 1. The van der Waals surface area contributed by atoms with E-state index >= 15 is 0 Å². The van der Waals surface area contributed by atoms with Crippen molar-refractivity contribution in [2.24, 2.45) is 0 Å². The van der Waals surface area contributed by atoms with E-state index in [1.54, 1.807) is 0 Å². The first-order valence-electron chi connectivity index (χ1n) is 13.7. The molecule has 1 aliphatic rings. The van der Waals surface area contributed by atoms with Crippen molar-refractivity contribution in [1.29, 1.82) is 0 Å². The summed E-state index contributed by atoms with van der Waals surface area (Å²) >= 11 is 0. The monoisotopic (exact) mass is 517 g/mol. The standard InChI is InChI=1S/C33H44FN3O/c1-32(2,3)28-21-24(22-29(31(28)38)33(4,5)6)30(23-9-13-26(14-10-23)35(7)8)37-19-17-36(18-20-37)27-15-11-25(34)12-16-27/h9-16,21-22,30,38H,17-20H2,1-8H3/t30-/m1/s1. The van der Waals surface area contributed by atoms with Crippen LogP contribution >= 0.6 is 0 Å². The lowest BCUT2D eigenvalue weighted by Gasteiger charge is -2.41. The van der Waals surface area contributed by atoms with Crippen LogP contribution in [0.4, 0.5) is 15.8 Å². The molecule has 1 N–H and O–H groups in total. The van der Waals surface area contributed by atoms with Crippen LogP contribution in [-0.4, -0.2) is 50.3 Å². The van der Waals surface area contributed by atoms with Crippen molar-refractivity contribution in [2.75, 3.05) is 50.1 Å². The first-order chi connectivity index (χ1) is 17.8. The second kappa shape index (κ2) is 10.6. The van der Waals surface area contributed by atoms with Gasteiger partial charge in [0.05, 0.1) is 6.04 Å². The molecule has 3 aromatic rings. The third kappa shape index (κ3) is 5.99.